The summed E-state index contributed by atoms with van der Waals surface area (Å²) in [5.74, 6) is -2.82. The number of aromatic nitrogens is 4. The normalized spacial score (nSPS) is 10.8. The van der Waals surface area contributed by atoms with E-state index in [1.165, 1.54) is 0 Å². The molecule has 0 saturated heterocycles. The lowest BCUT2D eigenvalue weighted by Crippen LogP contribution is -2.38. The van der Waals surface area contributed by atoms with E-state index in [4.69, 9.17) is 21.7 Å². The standard InChI is InChI=1S/C20H22N8O5/c1-28(9-12-8-23-18-16(24-12)17(21)26-20(22)27-18)13-4-2-10(3-5-13)19(33)25-11(6-14(29)30)7-15(31)32/h2-5,8,11H,6-7,9H2,1H3,(H,25,33)(H,29,30)(H,31,32)(H4,21,22,23,26,27). The molecule has 0 bridgehead atoms. The first kappa shape index (κ1) is 23.1. The van der Waals surface area contributed by atoms with E-state index in [1.54, 1.807) is 30.5 Å². The first-order valence-electron chi connectivity index (χ1n) is 9.72. The van der Waals surface area contributed by atoms with E-state index in [2.05, 4.69) is 25.3 Å². The monoisotopic (exact) mass is 454 g/mol. The minimum Gasteiger partial charge on any atom is -0.481 e. The number of carbonyl (C=O) groups excluding carboxylic acids is 1. The van der Waals surface area contributed by atoms with Crippen LogP contribution < -0.4 is 21.7 Å². The molecule has 7 N–H and O–H groups in total. The van der Waals surface area contributed by atoms with Crippen molar-refractivity contribution in [2.75, 3.05) is 23.4 Å². The molecule has 13 nitrogen and oxygen atoms in total. The van der Waals surface area contributed by atoms with Crippen LogP contribution >= 0.6 is 0 Å². The van der Waals surface area contributed by atoms with Gasteiger partial charge in [0.15, 0.2) is 17.0 Å². The molecule has 2 aromatic heterocycles. The van der Waals surface area contributed by atoms with E-state index in [1.807, 2.05) is 11.9 Å². The number of benzene rings is 1. The number of nitrogens with one attached hydrogen (secondary N) is 1. The van der Waals surface area contributed by atoms with Crippen molar-refractivity contribution in [3.8, 4) is 0 Å². The maximum atomic E-state index is 12.4. The third-order valence-electron chi connectivity index (χ3n) is 4.65. The molecule has 0 fully saturated rings. The maximum Gasteiger partial charge on any atom is 0.305 e. The van der Waals surface area contributed by atoms with Crippen molar-refractivity contribution in [2.24, 2.45) is 0 Å². The predicted molar refractivity (Wildman–Crippen MR) is 118 cm³/mol. The van der Waals surface area contributed by atoms with Crippen molar-refractivity contribution < 1.29 is 24.6 Å². The minimum absolute atomic E-state index is 0.0144. The molecule has 3 aromatic rings. The van der Waals surface area contributed by atoms with Crippen LogP contribution in [0.1, 0.15) is 28.9 Å². The zero-order valence-electron chi connectivity index (χ0n) is 17.6. The smallest absolute Gasteiger partial charge is 0.305 e. The second kappa shape index (κ2) is 9.72. The van der Waals surface area contributed by atoms with Gasteiger partial charge < -0.3 is 31.9 Å². The van der Waals surface area contributed by atoms with E-state index in [-0.39, 0.29) is 17.3 Å². The van der Waals surface area contributed by atoms with Crippen LogP contribution in [-0.2, 0) is 16.1 Å². The maximum absolute atomic E-state index is 12.4. The second-order valence-corrected chi connectivity index (χ2v) is 7.27. The Labute approximate surface area is 187 Å². The van der Waals surface area contributed by atoms with Gasteiger partial charge in [0, 0.05) is 18.3 Å². The van der Waals surface area contributed by atoms with Gasteiger partial charge in [0.25, 0.3) is 5.91 Å². The third-order valence-corrected chi connectivity index (χ3v) is 4.65. The highest BCUT2D eigenvalue weighted by atomic mass is 16.4. The lowest BCUT2D eigenvalue weighted by atomic mass is 10.1. The zero-order valence-corrected chi connectivity index (χ0v) is 17.6. The summed E-state index contributed by atoms with van der Waals surface area (Å²) in [6, 6.07) is 5.49. The van der Waals surface area contributed by atoms with Gasteiger partial charge in [-0.3, -0.25) is 14.4 Å². The average Bonchev–Trinajstić information content (AvgIpc) is 2.73. The van der Waals surface area contributed by atoms with Gasteiger partial charge in [0.05, 0.1) is 37.3 Å². The predicted octanol–water partition coefficient (Wildman–Crippen LogP) is 0.268. The van der Waals surface area contributed by atoms with E-state index >= 15 is 0 Å². The fourth-order valence-electron chi connectivity index (χ4n) is 3.13. The first-order chi connectivity index (χ1) is 15.6. The molecule has 0 saturated carbocycles. The Hall–Kier alpha value is -4.55. The second-order valence-electron chi connectivity index (χ2n) is 7.27. The minimum atomic E-state index is -1.20. The van der Waals surface area contributed by atoms with Gasteiger partial charge in [-0.1, -0.05) is 0 Å². The molecule has 0 aliphatic carbocycles. The molecule has 0 aliphatic rings. The Balaban J connectivity index is 1.69. The molecule has 1 amide bonds. The number of fused-ring (bicyclic) bond motifs is 1. The highest BCUT2D eigenvalue weighted by Gasteiger charge is 2.20. The summed E-state index contributed by atoms with van der Waals surface area (Å²) >= 11 is 0. The number of nitrogens with two attached hydrogens (primary N) is 2. The molecule has 0 atom stereocenters. The molecular weight excluding hydrogens is 432 g/mol. The van der Waals surface area contributed by atoms with Gasteiger partial charge in [-0.05, 0) is 24.3 Å². The Morgan fingerprint density at radius 1 is 1.03 bits per heavy atom. The van der Waals surface area contributed by atoms with Gasteiger partial charge in [-0.15, -0.1) is 0 Å². The lowest BCUT2D eigenvalue weighted by Gasteiger charge is -2.19. The number of nitrogen functional groups attached to an aromatic ring is 2. The summed E-state index contributed by atoms with van der Waals surface area (Å²) in [4.78, 5) is 52.6. The molecule has 0 aliphatic heterocycles. The van der Waals surface area contributed by atoms with E-state index in [9.17, 15) is 14.4 Å². The number of hydrogen-bond donors (Lipinski definition) is 5. The summed E-state index contributed by atoms with van der Waals surface area (Å²) < 4.78 is 0. The van der Waals surface area contributed by atoms with Crippen molar-refractivity contribution in [3.05, 3.63) is 41.7 Å². The molecular formula is C20H22N8O5. The van der Waals surface area contributed by atoms with Gasteiger partial charge in [-0.2, -0.15) is 9.97 Å². The summed E-state index contributed by atoms with van der Waals surface area (Å²) in [5.41, 5.74) is 13.7. The molecule has 172 valence electrons. The lowest BCUT2D eigenvalue weighted by molar-refractivity contribution is -0.139. The van der Waals surface area contributed by atoms with Gasteiger partial charge in [0.1, 0.15) is 0 Å². The number of carbonyl (C=O) groups is 3. The Bertz CT molecular complexity index is 1190. The Kier molecular flexibility index (Phi) is 6.81. The molecule has 13 heteroatoms. The molecule has 1 aromatic carbocycles. The van der Waals surface area contributed by atoms with Crippen molar-refractivity contribution in [2.45, 2.75) is 25.4 Å². The van der Waals surface area contributed by atoms with Crippen molar-refractivity contribution in [1.82, 2.24) is 25.3 Å². The molecule has 2 heterocycles. The van der Waals surface area contributed by atoms with Crippen LogP contribution in [0.4, 0.5) is 17.5 Å². The number of amides is 1. The first-order valence-corrected chi connectivity index (χ1v) is 9.72. The SMILES string of the molecule is CN(Cc1cnc2nc(N)nc(N)c2n1)c1ccc(C(=O)NC(CC(=O)O)CC(=O)O)cc1. The van der Waals surface area contributed by atoms with Crippen molar-refractivity contribution in [3.63, 3.8) is 0 Å². The van der Waals surface area contributed by atoms with E-state index in [0.29, 0.717) is 23.4 Å². The Morgan fingerprint density at radius 2 is 1.67 bits per heavy atom. The van der Waals surface area contributed by atoms with Gasteiger partial charge >= 0.3 is 11.9 Å². The number of carboxylic acids is 2. The molecule has 3 rings (SSSR count). The number of carboxylic acid groups (broad SMARTS) is 2. The quantitative estimate of drug-likeness (QED) is 0.295. The average molecular weight is 454 g/mol. The summed E-state index contributed by atoms with van der Waals surface area (Å²) in [7, 11) is 1.82. The fraction of sp³-hybridized carbons (Fsp3) is 0.250. The number of nitrogens with zero attached hydrogens (tertiary/aromatic N) is 5. The van der Waals surface area contributed by atoms with Gasteiger partial charge in [-0.25, -0.2) is 9.97 Å². The van der Waals surface area contributed by atoms with Crippen LogP contribution in [0, 0.1) is 0 Å². The van der Waals surface area contributed by atoms with Crippen LogP contribution in [0.3, 0.4) is 0 Å². The Morgan fingerprint density at radius 3 is 2.27 bits per heavy atom. The molecule has 0 unspecified atom stereocenters. The van der Waals surface area contributed by atoms with Crippen LogP contribution in [0.15, 0.2) is 30.5 Å². The number of aliphatic carboxylic acids is 2. The summed E-state index contributed by atoms with van der Waals surface area (Å²) in [6.45, 7) is 0.373. The largest absolute Gasteiger partial charge is 0.481 e. The highest BCUT2D eigenvalue weighted by Crippen LogP contribution is 2.19. The number of anilines is 3. The molecule has 33 heavy (non-hydrogen) atoms. The van der Waals surface area contributed by atoms with E-state index < -0.39 is 36.7 Å². The molecule has 0 spiro atoms. The van der Waals surface area contributed by atoms with Crippen molar-refractivity contribution in [1.29, 1.82) is 0 Å². The zero-order chi connectivity index (χ0) is 24.1. The van der Waals surface area contributed by atoms with Crippen LogP contribution in [0.5, 0.6) is 0 Å². The van der Waals surface area contributed by atoms with Gasteiger partial charge in [0.2, 0.25) is 5.95 Å². The van der Waals surface area contributed by atoms with E-state index in [0.717, 1.165) is 5.69 Å². The summed E-state index contributed by atoms with van der Waals surface area (Å²) in [6.07, 6.45) is 0.569. The fourth-order valence-corrected chi connectivity index (χ4v) is 3.13. The van der Waals surface area contributed by atoms with Crippen molar-refractivity contribution >= 4 is 46.5 Å². The topological polar surface area (TPSA) is 211 Å². The molecule has 0 radical (unpaired) electrons. The third kappa shape index (κ3) is 6.00. The summed E-state index contributed by atoms with van der Waals surface area (Å²) in [5, 5.41) is 20.3. The van der Waals surface area contributed by atoms with Crippen LogP contribution in [0.2, 0.25) is 0 Å². The number of rotatable bonds is 9. The number of hydrogen-bond acceptors (Lipinski definition) is 10. The van der Waals surface area contributed by atoms with Crippen LogP contribution in [0.25, 0.3) is 11.2 Å². The highest BCUT2D eigenvalue weighted by molar-refractivity contribution is 5.95. The van der Waals surface area contributed by atoms with Crippen LogP contribution in [-0.4, -0.2) is 61.1 Å².